The molecule has 1 rings (SSSR count). The third-order valence-electron chi connectivity index (χ3n) is 1.44. The molecule has 1 atom stereocenters. The Kier molecular flexibility index (Phi) is 2.34. The van der Waals surface area contributed by atoms with E-state index in [1.54, 1.807) is 0 Å². The smallest absolute Gasteiger partial charge is 0.0406 e. The molecule has 0 aliphatic rings. The van der Waals surface area contributed by atoms with Crippen LogP contribution in [0, 0.1) is 6.92 Å². The summed E-state index contributed by atoms with van der Waals surface area (Å²) in [6.07, 6.45) is 0. The molecule has 0 saturated carbocycles. The van der Waals surface area contributed by atoms with Gasteiger partial charge in [-0.05, 0) is 30.5 Å². The molecule has 10 heavy (non-hydrogen) atoms. The van der Waals surface area contributed by atoms with Crippen molar-refractivity contribution in [1.82, 2.24) is 0 Å². The number of rotatable bonds is 1. The average molecular weight is 154 g/mol. The van der Waals surface area contributed by atoms with E-state index in [1.165, 1.54) is 5.56 Å². The van der Waals surface area contributed by atoms with Crippen LogP contribution in [-0.2, 0) is 0 Å². The van der Waals surface area contributed by atoms with Gasteiger partial charge in [0, 0.05) is 5.02 Å². The molecule has 0 spiro atoms. The Labute approximate surface area is 66.8 Å². The summed E-state index contributed by atoms with van der Waals surface area (Å²) in [6.45, 7) is 5.95. The normalized spacial score (nSPS) is 10.4. The van der Waals surface area contributed by atoms with E-state index in [1.807, 2.05) is 24.3 Å². The first-order chi connectivity index (χ1) is 4.70. The molecule has 1 heteroatoms. The molecule has 0 bridgehead atoms. The maximum atomic E-state index is 5.70. The summed E-state index contributed by atoms with van der Waals surface area (Å²) >= 11 is 5.70. The van der Waals surface area contributed by atoms with Crippen molar-refractivity contribution in [3.05, 3.63) is 41.8 Å². The molecule has 0 aromatic heterocycles. The number of halogens is 1. The fourth-order valence-electron chi connectivity index (χ4n) is 0.791. The standard InChI is InChI=1S/C9H10Cl/c1-7(2)8-3-5-9(10)6-4-8/h3-7H,1H2,2H3. The summed E-state index contributed by atoms with van der Waals surface area (Å²) in [6, 6.07) is 7.77. The van der Waals surface area contributed by atoms with Gasteiger partial charge in [-0.25, -0.2) is 0 Å². The van der Waals surface area contributed by atoms with Crippen molar-refractivity contribution < 1.29 is 0 Å². The Hall–Kier alpha value is -0.490. The van der Waals surface area contributed by atoms with E-state index in [0.29, 0.717) is 5.92 Å². The van der Waals surface area contributed by atoms with Gasteiger partial charge in [0.15, 0.2) is 0 Å². The summed E-state index contributed by atoms with van der Waals surface area (Å²) in [4.78, 5) is 0. The molecule has 0 aliphatic heterocycles. The van der Waals surface area contributed by atoms with Gasteiger partial charge < -0.3 is 0 Å². The maximum absolute atomic E-state index is 5.70. The van der Waals surface area contributed by atoms with Crippen LogP contribution < -0.4 is 0 Å². The molecule has 0 aliphatic carbocycles. The van der Waals surface area contributed by atoms with Crippen LogP contribution in [0.3, 0.4) is 0 Å². The first-order valence-electron chi connectivity index (χ1n) is 3.28. The number of hydrogen-bond acceptors (Lipinski definition) is 0. The van der Waals surface area contributed by atoms with Gasteiger partial charge in [-0.15, -0.1) is 0 Å². The van der Waals surface area contributed by atoms with Gasteiger partial charge in [-0.2, -0.15) is 0 Å². The van der Waals surface area contributed by atoms with E-state index >= 15 is 0 Å². The largest absolute Gasteiger partial charge is 0.0843 e. The van der Waals surface area contributed by atoms with Gasteiger partial charge >= 0.3 is 0 Å². The molecule has 0 heterocycles. The van der Waals surface area contributed by atoms with Crippen LogP contribution in [0.4, 0.5) is 0 Å². The minimum atomic E-state index is 0.345. The van der Waals surface area contributed by atoms with Crippen LogP contribution in [0.5, 0.6) is 0 Å². The van der Waals surface area contributed by atoms with Crippen LogP contribution in [-0.4, -0.2) is 0 Å². The van der Waals surface area contributed by atoms with E-state index < -0.39 is 0 Å². The number of benzene rings is 1. The molecular formula is C9H10Cl. The lowest BCUT2D eigenvalue weighted by Crippen LogP contribution is -1.84. The lowest BCUT2D eigenvalue weighted by molar-refractivity contribution is 0.964. The van der Waals surface area contributed by atoms with Crippen LogP contribution in [0.1, 0.15) is 18.4 Å². The van der Waals surface area contributed by atoms with Crippen molar-refractivity contribution in [2.45, 2.75) is 12.8 Å². The Morgan fingerprint density at radius 3 is 2.20 bits per heavy atom. The van der Waals surface area contributed by atoms with Gasteiger partial charge in [0.05, 0.1) is 0 Å². The average Bonchev–Trinajstić information content (AvgIpc) is 1.88. The molecule has 0 fully saturated rings. The zero-order valence-corrected chi connectivity index (χ0v) is 6.73. The molecule has 1 aromatic rings. The zero-order valence-electron chi connectivity index (χ0n) is 5.97. The first kappa shape index (κ1) is 7.62. The third-order valence-corrected chi connectivity index (χ3v) is 1.69. The fraction of sp³-hybridized carbons (Fsp3) is 0.222. The van der Waals surface area contributed by atoms with Crippen LogP contribution in [0.2, 0.25) is 5.02 Å². The highest BCUT2D eigenvalue weighted by Crippen LogP contribution is 2.16. The highest BCUT2D eigenvalue weighted by atomic mass is 35.5. The maximum Gasteiger partial charge on any atom is 0.0406 e. The Balaban J connectivity index is 2.89. The van der Waals surface area contributed by atoms with E-state index in [0.717, 1.165) is 5.02 Å². The minimum Gasteiger partial charge on any atom is -0.0843 e. The second-order valence-corrected chi connectivity index (χ2v) is 2.89. The zero-order chi connectivity index (χ0) is 7.56. The monoisotopic (exact) mass is 153 g/mol. The number of hydrogen-bond donors (Lipinski definition) is 0. The quantitative estimate of drug-likeness (QED) is 0.581. The van der Waals surface area contributed by atoms with Gasteiger partial charge in [-0.1, -0.05) is 30.7 Å². The predicted molar refractivity (Wildman–Crippen MR) is 45.2 cm³/mol. The van der Waals surface area contributed by atoms with Crippen molar-refractivity contribution in [2.24, 2.45) is 0 Å². The van der Waals surface area contributed by atoms with E-state index in [9.17, 15) is 0 Å². The molecule has 0 saturated heterocycles. The molecule has 0 N–H and O–H groups in total. The molecule has 1 unspecified atom stereocenters. The van der Waals surface area contributed by atoms with Gasteiger partial charge in [-0.3, -0.25) is 0 Å². The molecule has 0 amide bonds. The van der Waals surface area contributed by atoms with Crippen molar-refractivity contribution >= 4 is 11.6 Å². The minimum absolute atomic E-state index is 0.345. The van der Waals surface area contributed by atoms with Crippen molar-refractivity contribution in [3.8, 4) is 0 Å². The predicted octanol–water partition coefficient (Wildman–Crippen LogP) is 3.28. The summed E-state index contributed by atoms with van der Waals surface area (Å²) in [7, 11) is 0. The highest BCUT2D eigenvalue weighted by molar-refractivity contribution is 6.30. The van der Waals surface area contributed by atoms with Crippen molar-refractivity contribution in [3.63, 3.8) is 0 Å². The Morgan fingerprint density at radius 1 is 1.30 bits per heavy atom. The van der Waals surface area contributed by atoms with Gasteiger partial charge in [0.25, 0.3) is 0 Å². The van der Waals surface area contributed by atoms with Crippen molar-refractivity contribution in [2.75, 3.05) is 0 Å². The van der Waals surface area contributed by atoms with Gasteiger partial charge in [0.2, 0.25) is 0 Å². The summed E-state index contributed by atoms with van der Waals surface area (Å²) in [5, 5.41) is 0.782. The summed E-state index contributed by atoms with van der Waals surface area (Å²) in [5.74, 6) is 0.345. The lowest BCUT2D eigenvalue weighted by Gasteiger charge is -2.02. The molecule has 53 valence electrons. The van der Waals surface area contributed by atoms with Crippen LogP contribution >= 0.6 is 11.6 Å². The van der Waals surface area contributed by atoms with Crippen molar-refractivity contribution in [1.29, 1.82) is 0 Å². The summed E-state index contributed by atoms with van der Waals surface area (Å²) < 4.78 is 0. The highest BCUT2D eigenvalue weighted by Gasteiger charge is 1.96. The molecular weight excluding hydrogens is 144 g/mol. The summed E-state index contributed by atoms with van der Waals surface area (Å²) in [5.41, 5.74) is 1.23. The topological polar surface area (TPSA) is 0 Å². The Bertz CT molecular complexity index is 198. The van der Waals surface area contributed by atoms with E-state index in [-0.39, 0.29) is 0 Å². The van der Waals surface area contributed by atoms with E-state index in [2.05, 4.69) is 13.8 Å². The molecule has 1 radical (unpaired) electrons. The molecule has 0 nitrogen and oxygen atoms in total. The van der Waals surface area contributed by atoms with Crippen LogP contribution in [0.15, 0.2) is 24.3 Å². The van der Waals surface area contributed by atoms with E-state index in [4.69, 9.17) is 11.6 Å². The van der Waals surface area contributed by atoms with Crippen LogP contribution in [0.25, 0.3) is 0 Å². The fourth-order valence-corrected chi connectivity index (χ4v) is 0.917. The first-order valence-corrected chi connectivity index (χ1v) is 3.66. The Morgan fingerprint density at radius 2 is 1.80 bits per heavy atom. The third kappa shape index (κ3) is 1.74. The second-order valence-electron chi connectivity index (χ2n) is 2.45. The second kappa shape index (κ2) is 3.07. The molecule has 1 aromatic carbocycles. The SMILES string of the molecule is [CH2]C(C)c1ccc(Cl)cc1. The lowest BCUT2D eigenvalue weighted by atomic mass is 10.0. The van der Waals surface area contributed by atoms with Gasteiger partial charge in [0.1, 0.15) is 0 Å².